The number of carbonyl (C=O) groups excluding carboxylic acids is 1. The number of phosphoric ester groups is 1. The van der Waals surface area contributed by atoms with E-state index in [4.69, 9.17) is 18.3 Å². The molecule has 0 aromatic heterocycles. The van der Waals surface area contributed by atoms with Gasteiger partial charge in [0.15, 0.2) is 0 Å². The third kappa shape index (κ3) is 5.79. The fraction of sp³-hybridized carbons (Fsp3) is 0.250. The first-order valence-corrected chi connectivity index (χ1v) is 9.74. The molecule has 0 fully saturated rings. The molecule has 0 aliphatic carbocycles. The van der Waals surface area contributed by atoms with Gasteiger partial charge in [0.2, 0.25) is 0 Å². The van der Waals surface area contributed by atoms with Gasteiger partial charge in [-0.25, -0.2) is 9.36 Å². The second-order valence-corrected chi connectivity index (χ2v) is 7.56. The van der Waals surface area contributed by atoms with E-state index >= 15 is 0 Å². The molecular weight excluding hydrogens is 367 g/mol. The topological polar surface area (TPSA) is 71.1 Å². The molecule has 6 nitrogen and oxygen atoms in total. The minimum atomic E-state index is -3.73. The largest absolute Gasteiger partial charge is 0.529 e. The SMILES string of the molecule is COP(=O)(OC)Oc1c(/C=C/C(=O)OCc2ccccc2)ccc(C)c1C. The van der Waals surface area contributed by atoms with E-state index < -0.39 is 13.8 Å². The van der Waals surface area contributed by atoms with Crippen molar-refractivity contribution in [2.45, 2.75) is 20.5 Å². The molecule has 0 bridgehead atoms. The van der Waals surface area contributed by atoms with Crippen molar-refractivity contribution < 1.29 is 27.7 Å². The Balaban J connectivity index is 2.17. The predicted molar refractivity (Wildman–Crippen MR) is 103 cm³/mol. The first kappa shape index (κ1) is 20.9. The van der Waals surface area contributed by atoms with Crippen LogP contribution in [0.2, 0.25) is 0 Å². The Bertz CT molecular complexity index is 852. The summed E-state index contributed by atoms with van der Waals surface area (Å²) in [6, 6.07) is 13.0. The van der Waals surface area contributed by atoms with Gasteiger partial charge in [-0.05, 0) is 36.6 Å². The molecule has 27 heavy (non-hydrogen) atoms. The quantitative estimate of drug-likeness (QED) is 0.365. The minimum Gasteiger partial charge on any atom is -0.458 e. The molecule has 0 heterocycles. The van der Waals surface area contributed by atoms with Gasteiger partial charge in [-0.2, -0.15) is 0 Å². The third-order valence-electron chi connectivity index (χ3n) is 3.98. The van der Waals surface area contributed by atoms with E-state index in [1.807, 2.05) is 50.2 Å². The van der Waals surface area contributed by atoms with Gasteiger partial charge in [-0.3, -0.25) is 9.05 Å². The van der Waals surface area contributed by atoms with E-state index in [1.165, 1.54) is 20.3 Å². The van der Waals surface area contributed by atoms with Crippen LogP contribution in [-0.4, -0.2) is 20.2 Å². The van der Waals surface area contributed by atoms with Gasteiger partial charge >= 0.3 is 13.8 Å². The summed E-state index contributed by atoms with van der Waals surface area (Å²) >= 11 is 0. The Morgan fingerprint density at radius 3 is 2.33 bits per heavy atom. The maximum absolute atomic E-state index is 12.4. The van der Waals surface area contributed by atoms with Crippen molar-refractivity contribution in [3.05, 3.63) is 70.8 Å². The zero-order valence-corrected chi connectivity index (χ0v) is 16.7. The molecule has 0 spiro atoms. The minimum absolute atomic E-state index is 0.183. The van der Waals surface area contributed by atoms with Crippen molar-refractivity contribution in [1.29, 1.82) is 0 Å². The number of phosphoric acid groups is 1. The molecule has 0 saturated carbocycles. The number of esters is 1. The molecule has 0 amide bonds. The number of aryl methyl sites for hydroxylation is 1. The number of rotatable bonds is 8. The highest BCUT2D eigenvalue weighted by Gasteiger charge is 2.27. The lowest BCUT2D eigenvalue weighted by molar-refractivity contribution is -0.138. The van der Waals surface area contributed by atoms with Crippen LogP contribution in [0.15, 0.2) is 48.5 Å². The summed E-state index contributed by atoms with van der Waals surface area (Å²) in [5.41, 5.74) is 3.16. The van der Waals surface area contributed by atoms with Crippen molar-refractivity contribution in [1.82, 2.24) is 0 Å². The molecule has 0 radical (unpaired) electrons. The Hall–Kier alpha value is -2.40. The maximum atomic E-state index is 12.4. The summed E-state index contributed by atoms with van der Waals surface area (Å²) in [6.45, 7) is 3.91. The zero-order chi connectivity index (χ0) is 19.9. The summed E-state index contributed by atoms with van der Waals surface area (Å²) in [6.07, 6.45) is 2.84. The van der Waals surface area contributed by atoms with E-state index in [1.54, 1.807) is 12.1 Å². The lowest BCUT2D eigenvalue weighted by atomic mass is 10.0. The molecule has 0 aliphatic heterocycles. The number of hydrogen-bond donors (Lipinski definition) is 0. The molecule has 2 aromatic carbocycles. The average molecular weight is 390 g/mol. The van der Waals surface area contributed by atoms with Crippen LogP contribution in [0, 0.1) is 13.8 Å². The second-order valence-electron chi connectivity index (χ2n) is 5.76. The van der Waals surface area contributed by atoms with E-state index in [2.05, 4.69) is 0 Å². The van der Waals surface area contributed by atoms with E-state index in [9.17, 15) is 9.36 Å². The third-order valence-corrected chi connectivity index (χ3v) is 5.28. The van der Waals surface area contributed by atoms with Gasteiger partial charge in [-0.1, -0.05) is 42.5 Å². The highest BCUT2D eigenvalue weighted by molar-refractivity contribution is 7.48. The molecule has 2 rings (SSSR count). The average Bonchev–Trinajstić information content (AvgIpc) is 2.70. The normalized spacial score (nSPS) is 11.6. The molecular formula is C20H23O6P. The van der Waals surface area contributed by atoms with Crippen LogP contribution in [0.4, 0.5) is 0 Å². The number of ether oxygens (including phenoxy) is 1. The fourth-order valence-electron chi connectivity index (χ4n) is 2.26. The van der Waals surface area contributed by atoms with Gasteiger partial charge in [-0.15, -0.1) is 0 Å². The Kier molecular flexibility index (Phi) is 7.36. The summed E-state index contributed by atoms with van der Waals surface area (Å²) in [5, 5.41) is 0. The molecule has 0 unspecified atom stereocenters. The van der Waals surface area contributed by atoms with Crippen LogP contribution in [-0.2, 0) is 29.8 Å². The lowest BCUT2D eigenvalue weighted by Gasteiger charge is -2.18. The summed E-state index contributed by atoms with van der Waals surface area (Å²) < 4.78 is 32.8. The van der Waals surface area contributed by atoms with E-state index in [-0.39, 0.29) is 6.61 Å². The van der Waals surface area contributed by atoms with Gasteiger partial charge in [0, 0.05) is 25.9 Å². The molecule has 144 valence electrons. The van der Waals surface area contributed by atoms with E-state index in [0.29, 0.717) is 11.3 Å². The van der Waals surface area contributed by atoms with Crippen LogP contribution >= 0.6 is 7.82 Å². The zero-order valence-electron chi connectivity index (χ0n) is 15.8. The van der Waals surface area contributed by atoms with Crippen LogP contribution in [0.5, 0.6) is 5.75 Å². The Morgan fingerprint density at radius 1 is 1.04 bits per heavy atom. The van der Waals surface area contributed by atoms with Gasteiger partial charge in [0.1, 0.15) is 12.4 Å². The van der Waals surface area contributed by atoms with E-state index in [0.717, 1.165) is 16.7 Å². The Morgan fingerprint density at radius 2 is 1.70 bits per heavy atom. The van der Waals surface area contributed by atoms with Gasteiger partial charge < -0.3 is 9.26 Å². The van der Waals surface area contributed by atoms with Crippen LogP contribution < -0.4 is 4.52 Å². The number of carbonyl (C=O) groups is 1. The van der Waals surface area contributed by atoms with Crippen molar-refractivity contribution in [3.63, 3.8) is 0 Å². The van der Waals surface area contributed by atoms with Crippen molar-refractivity contribution >= 4 is 19.9 Å². The second kappa shape index (κ2) is 9.51. The first-order valence-electron chi connectivity index (χ1n) is 8.28. The van der Waals surface area contributed by atoms with Crippen molar-refractivity contribution in [2.24, 2.45) is 0 Å². The van der Waals surface area contributed by atoms with Gasteiger partial charge in [0.25, 0.3) is 0 Å². The summed E-state index contributed by atoms with van der Waals surface area (Å²) in [7, 11) is -1.24. The summed E-state index contributed by atoms with van der Waals surface area (Å²) in [5.74, 6) is -0.168. The predicted octanol–water partition coefficient (Wildman–Crippen LogP) is 4.84. The number of benzene rings is 2. The lowest BCUT2D eigenvalue weighted by Crippen LogP contribution is -2.02. The molecule has 0 aliphatic rings. The molecule has 7 heteroatoms. The highest BCUT2D eigenvalue weighted by atomic mass is 31.2. The standard InChI is InChI=1S/C20H23O6P/c1-15-10-11-18(20(16(15)2)26-27(22,23-3)24-4)12-13-19(21)25-14-17-8-6-5-7-9-17/h5-13H,14H2,1-4H3/b13-12+. The van der Waals surface area contributed by atoms with Gasteiger partial charge in [0.05, 0.1) is 0 Å². The monoisotopic (exact) mass is 390 g/mol. The summed E-state index contributed by atoms with van der Waals surface area (Å²) in [4.78, 5) is 12.0. The number of hydrogen-bond acceptors (Lipinski definition) is 6. The Labute approximate surface area is 159 Å². The van der Waals surface area contributed by atoms with Crippen LogP contribution in [0.1, 0.15) is 22.3 Å². The van der Waals surface area contributed by atoms with Crippen molar-refractivity contribution in [3.8, 4) is 5.75 Å². The first-order chi connectivity index (χ1) is 12.9. The molecule has 0 N–H and O–H groups in total. The van der Waals surface area contributed by atoms with Crippen molar-refractivity contribution in [2.75, 3.05) is 14.2 Å². The molecule has 0 atom stereocenters. The fourth-order valence-corrected chi connectivity index (χ4v) is 3.02. The smallest absolute Gasteiger partial charge is 0.458 e. The van der Waals surface area contributed by atoms with Crippen LogP contribution in [0.25, 0.3) is 6.08 Å². The molecule has 0 saturated heterocycles. The molecule has 2 aromatic rings. The van der Waals surface area contributed by atoms with Crippen LogP contribution in [0.3, 0.4) is 0 Å². The maximum Gasteiger partial charge on any atom is 0.529 e. The highest BCUT2D eigenvalue weighted by Crippen LogP contribution is 2.49.